The summed E-state index contributed by atoms with van der Waals surface area (Å²) in [6.45, 7) is 2.17. The number of benzene rings is 1. The summed E-state index contributed by atoms with van der Waals surface area (Å²) in [6.07, 6.45) is 6.17. The fraction of sp³-hybridized carbons (Fsp3) is 0.333. The summed E-state index contributed by atoms with van der Waals surface area (Å²) in [7, 11) is 0. The predicted molar refractivity (Wildman–Crippen MR) is 74.8 cm³/mol. The fourth-order valence-electron chi connectivity index (χ4n) is 2.40. The van der Waals surface area contributed by atoms with E-state index in [2.05, 4.69) is 14.9 Å². The van der Waals surface area contributed by atoms with E-state index in [9.17, 15) is 0 Å². The zero-order valence-corrected chi connectivity index (χ0v) is 10.8. The van der Waals surface area contributed by atoms with E-state index in [1.54, 1.807) is 0 Å². The van der Waals surface area contributed by atoms with E-state index >= 15 is 0 Å². The van der Waals surface area contributed by atoms with Crippen LogP contribution in [-0.4, -0.2) is 28.2 Å². The highest BCUT2D eigenvalue weighted by Gasteiger charge is 2.14. The quantitative estimate of drug-likeness (QED) is 0.913. The molecule has 1 aromatic carbocycles. The molecule has 1 N–H and O–H groups in total. The third-order valence-electron chi connectivity index (χ3n) is 3.47. The maximum Gasteiger partial charge on any atom is 0.225 e. The lowest BCUT2D eigenvalue weighted by atomic mass is 10.1. The maximum absolute atomic E-state index is 9.16. The molecule has 1 aromatic heterocycles. The second-order valence-corrected chi connectivity index (χ2v) is 4.82. The molecule has 1 aliphatic rings. The first-order valence-electron chi connectivity index (χ1n) is 6.64. The van der Waals surface area contributed by atoms with Gasteiger partial charge in [0.15, 0.2) is 0 Å². The molecular formula is C15H17N3O. The number of nitrogens with zero attached hydrogens (tertiary/aromatic N) is 3. The second kappa shape index (κ2) is 5.36. The Morgan fingerprint density at radius 2 is 1.79 bits per heavy atom. The summed E-state index contributed by atoms with van der Waals surface area (Å²) in [5, 5.41) is 9.16. The van der Waals surface area contributed by atoms with Gasteiger partial charge in [-0.15, -0.1) is 0 Å². The van der Waals surface area contributed by atoms with Crippen LogP contribution in [0.25, 0.3) is 11.1 Å². The average Bonchev–Trinajstić information content (AvgIpc) is 3.02. The molecule has 1 saturated heterocycles. The molecule has 0 atom stereocenters. The van der Waals surface area contributed by atoms with Gasteiger partial charge in [0.25, 0.3) is 0 Å². The monoisotopic (exact) mass is 255 g/mol. The molecule has 0 radical (unpaired) electrons. The van der Waals surface area contributed by atoms with Crippen molar-refractivity contribution >= 4 is 5.95 Å². The van der Waals surface area contributed by atoms with Gasteiger partial charge in [0.1, 0.15) is 0 Å². The number of aliphatic hydroxyl groups is 1. The van der Waals surface area contributed by atoms with Crippen LogP contribution in [-0.2, 0) is 6.61 Å². The van der Waals surface area contributed by atoms with Crippen molar-refractivity contribution in [1.82, 2.24) is 9.97 Å². The Kier molecular flexibility index (Phi) is 3.42. The Labute approximate surface area is 112 Å². The first-order chi connectivity index (χ1) is 9.36. The Morgan fingerprint density at radius 1 is 1.05 bits per heavy atom. The fourth-order valence-corrected chi connectivity index (χ4v) is 2.40. The largest absolute Gasteiger partial charge is 0.392 e. The van der Waals surface area contributed by atoms with Gasteiger partial charge in [0, 0.05) is 31.0 Å². The molecule has 4 nitrogen and oxygen atoms in total. The molecule has 0 unspecified atom stereocenters. The first-order valence-corrected chi connectivity index (χ1v) is 6.64. The summed E-state index contributed by atoms with van der Waals surface area (Å²) in [5.74, 6) is 0.819. The Hall–Kier alpha value is -1.94. The van der Waals surface area contributed by atoms with Crippen LogP contribution < -0.4 is 4.90 Å². The number of rotatable bonds is 3. The van der Waals surface area contributed by atoms with Crippen LogP contribution in [0.4, 0.5) is 5.95 Å². The average molecular weight is 255 g/mol. The zero-order valence-electron chi connectivity index (χ0n) is 10.8. The molecule has 2 heterocycles. The van der Waals surface area contributed by atoms with Crippen molar-refractivity contribution in [2.24, 2.45) is 0 Å². The van der Waals surface area contributed by atoms with E-state index in [1.807, 2.05) is 36.7 Å². The highest BCUT2D eigenvalue weighted by molar-refractivity contribution is 5.62. The van der Waals surface area contributed by atoms with E-state index in [-0.39, 0.29) is 6.61 Å². The number of anilines is 1. The van der Waals surface area contributed by atoms with Crippen molar-refractivity contribution in [1.29, 1.82) is 0 Å². The van der Waals surface area contributed by atoms with Gasteiger partial charge < -0.3 is 10.0 Å². The topological polar surface area (TPSA) is 49.3 Å². The highest BCUT2D eigenvalue weighted by Crippen LogP contribution is 2.21. The van der Waals surface area contributed by atoms with E-state index < -0.39 is 0 Å². The lowest BCUT2D eigenvalue weighted by molar-refractivity contribution is 0.282. The molecular weight excluding hydrogens is 238 g/mol. The summed E-state index contributed by atoms with van der Waals surface area (Å²) in [6, 6.07) is 7.82. The van der Waals surface area contributed by atoms with Gasteiger partial charge in [-0.3, -0.25) is 0 Å². The standard InChI is InChI=1S/C15H17N3O/c19-11-12-4-3-5-13(8-12)14-9-16-15(17-10-14)18-6-1-2-7-18/h3-5,8-10,19H,1-2,6-7,11H2. The van der Waals surface area contributed by atoms with Crippen LogP contribution in [0.5, 0.6) is 0 Å². The Morgan fingerprint density at radius 3 is 2.47 bits per heavy atom. The van der Waals surface area contributed by atoms with Crippen molar-refractivity contribution in [3.05, 3.63) is 42.2 Å². The number of aromatic nitrogens is 2. The van der Waals surface area contributed by atoms with Crippen LogP contribution in [0.15, 0.2) is 36.7 Å². The van der Waals surface area contributed by atoms with Crippen LogP contribution in [0.3, 0.4) is 0 Å². The van der Waals surface area contributed by atoms with Gasteiger partial charge in [-0.25, -0.2) is 9.97 Å². The molecule has 3 rings (SSSR count). The van der Waals surface area contributed by atoms with Crippen molar-refractivity contribution < 1.29 is 5.11 Å². The van der Waals surface area contributed by atoms with Crippen molar-refractivity contribution in [2.45, 2.75) is 19.4 Å². The molecule has 4 heteroatoms. The van der Waals surface area contributed by atoms with Crippen LogP contribution in [0.1, 0.15) is 18.4 Å². The van der Waals surface area contributed by atoms with Crippen molar-refractivity contribution in [3.63, 3.8) is 0 Å². The third-order valence-corrected chi connectivity index (χ3v) is 3.47. The molecule has 1 aliphatic heterocycles. The lowest BCUT2D eigenvalue weighted by Gasteiger charge is -2.14. The van der Waals surface area contributed by atoms with Gasteiger partial charge >= 0.3 is 0 Å². The smallest absolute Gasteiger partial charge is 0.225 e. The molecule has 0 aliphatic carbocycles. The molecule has 0 saturated carbocycles. The first kappa shape index (κ1) is 12.1. The van der Waals surface area contributed by atoms with Crippen LogP contribution >= 0.6 is 0 Å². The van der Waals surface area contributed by atoms with E-state index in [0.717, 1.165) is 35.7 Å². The molecule has 2 aromatic rings. The van der Waals surface area contributed by atoms with Gasteiger partial charge in [0.05, 0.1) is 6.61 Å². The maximum atomic E-state index is 9.16. The SMILES string of the molecule is OCc1cccc(-c2cnc(N3CCCC3)nc2)c1. The Balaban J connectivity index is 1.84. The molecule has 98 valence electrons. The third kappa shape index (κ3) is 2.58. The van der Waals surface area contributed by atoms with Crippen molar-refractivity contribution in [3.8, 4) is 11.1 Å². The molecule has 0 amide bonds. The normalized spacial score (nSPS) is 14.9. The molecule has 0 spiro atoms. The molecule has 1 fully saturated rings. The van der Waals surface area contributed by atoms with Gasteiger partial charge in [-0.05, 0) is 30.0 Å². The van der Waals surface area contributed by atoms with Crippen LogP contribution in [0, 0.1) is 0 Å². The van der Waals surface area contributed by atoms with Gasteiger partial charge in [-0.2, -0.15) is 0 Å². The highest BCUT2D eigenvalue weighted by atomic mass is 16.3. The van der Waals surface area contributed by atoms with Gasteiger partial charge in [0.2, 0.25) is 5.95 Å². The zero-order chi connectivity index (χ0) is 13.1. The molecule has 19 heavy (non-hydrogen) atoms. The lowest BCUT2D eigenvalue weighted by Crippen LogP contribution is -2.20. The summed E-state index contributed by atoms with van der Waals surface area (Å²) >= 11 is 0. The minimum Gasteiger partial charge on any atom is -0.392 e. The summed E-state index contributed by atoms with van der Waals surface area (Å²) in [5.41, 5.74) is 2.93. The van der Waals surface area contributed by atoms with E-state index in [0.29, 0.717) is 0 Å². The number of aliphatic hydroxyl groups excluding tert-OH is 1. The second-order valence-electron chi connectivity index (χ2n) is 4.82. The summed E-state index contributed by atoms with van der Waals surface area (Å²) in [4.78, 5) is 11.1. The predicted octanol–water partition coefficient (Wildman–Crippen LogP) is 2.24. The summed E-state index contributed by atoms with van der Waals surface area (Å²) < 4.78 is 0. The molecule has 0 bridgehead atoms. The number of hydrogen-bond acceptors (Lipinski definition) is 4. The van der Waals surface area contributed by atoms with E-state index in [1.165, 1.54) is 12.8 Å². The Bertz CT molecular complexity index is 548. The number of hydrogen-bond donors (Lipinski definition) is 1. The van der Waals surface area contributed by atoms with E-state index in [4.69, 9.17) is 5.11 Å². The van der Waals surface area contributed by atoms with Crippen LogP contribution in [0.2, 0.25) is 0 Å². The minimum absolute atomic E-state index is 0.0561. The van der Waals surface area contributed by atoms with Gasteiger partial charge in [-0.1, -0.05) is 18.2 Å². The van der Waals surface area contributed by atoms with Crippen molar-refractivity contribution in [2.75, 3.05) is 18.0 Å². The minimum atomic E-state index is 0.0561.